The average Bonchev–Trinajstić information content (AvgIpc) is 2.56. The van der Waals surface area contributed by atoms with Gasteiger partial charge < -0.3 is 10.1 Å². The van der Waals surface area contributed by atoms with Crippen LogP contribution in [0.2, 0.25) is 0 Å². The summed E-state index contributed by atoms with van der Waals surface area (Å²) in [4.78, 5) is 12.2. The predicted octanol–water partition coefficient (Wildman–Crippen LogP) is 2.93. The van der Waals surface area contributed by atoms with Crippen molar-refractivity contribution < 1.29 is 9.53 Å². The molecule has 0 aliphatic carbocycles. The Kier molecular flexibility index (Phi) is 6.56. The van der Waals surface area contributed by atoms with Crippen LogP contribution in [-0.2, 0) is 6.42 Å². The van der Waals surface area contributed by atoms with E-state index >= 15 is 0 Å². The Morgan fingerprint density at radius 2 is 1.91 bits per heavy atom. The Morgan fingerprint density at radius 1 is 1.13 bits per heavy atom. The lowest BCUT2D eigenvalue weighted by atomic mass is 10.1. The van der Waals surface area contributed by atoms with Crippen molar-refractivity contribution in [1.82, 2.24) is 10.6 Å². The van der Waals surface area contributed by atoms with Gasteiger partial charge in [0.1, 0.15) is 5.75 Å². The lowest BCUT2D eigenvalue weighted by Gasteiger charge is -2.10. The number of hydrogen-bond acceptors (Lipinski definition) is 3. The van der Waals surface area contributed by atoms with E-state index in [-0.39, 0.29) is 5.91 Å². The lowest BCUT2D eigenvalue weighted by Crippen LogP contribution is -2.40. The van der Waals surface area contributed by atoms with Gasteiger partial charge in [0.25, 0.3) is 5.91 Å². The summed E-state index contributed by atoms with van der Waals surface area (Å²) < 4.78 is 5.39. The van der Waals surface area contributed by atoms with Crippen LogP contribution in [0.4, 0.5) is 0 Å². The molecule has 2 aromatic rings. The molecule has 0 spiro atoms. The number of nitrogens with one attached hydrogen (secondary N) is 2. The molecule has 2 aromatic carbocycles. The molecule has 0 saturated heterocycles. The quantitative estimate of drug-likeness (QED) is 0.801. The molecule has 23 heavy (non-hydrogen) atoms. The van der Waals surface area contributed by atoms with E-state index in [1.54, 1.807) is 18.2 Å². The Balaban J connectivity index is 1.80. The highest BCUT2D eigenvalue weighted by atomic mass is 32.1. The van der Waals surface area contributed by atoms with Gasteiger partial charge in [0.05, 0.1) is 6.61 Å². The van der Waals surface area contributed by atoms with Crippen LogP contribution in [0.5, 0.6) is 5.75 Å². The van der Waals surface area contributed by atoms with Crippen molar-refractivity contribution in [2.45, 2.75) is 13.3 Å². The Hall–Kier alpha value is -2.40. The topological polar surface area (TPSA) is 50.4 Å². The van der Waals surface area contributed by atoms with E-state index in [9.17, 15) is 4.79 Å². The fraction of sp³-hybridized carbons (Fsp3) is 0.222. The van der Waals surface area contributed by atoms with E-state index in [2.05, 4.69) is 22.8 Å². The first-order valence-electron chi connectivity index (χ1n) is 7.55. The summed E-state index contributed by atoms with van der Waals surface area (Å²) in [5.74, 6) is 0.423. The highest BCUT2D eigenvalue weighted by Crippen LogP contribution is 2.13. The molecule has 120 valence electrons. The summed E-state index contributed by atoms with van der Waals surface area (Å²) in [6.45, 7) is 3.13. The van der Waals surface area contributed by atoms with Crippen LogP contribution in [-0.4, -0.2) is 24.2 Å². The minimum Gasteiger partial charge on any atom is -0.494 e. The van der Waals surface area contributed by atoms with E-state index in [0.717, 1.165) is 6.42 Å². The Morgan fingerprint density at radius 3 is 2.65 bits per heavy atom. The highest BCUT2D eigenvalue weighted by Gasteiger charge is 2.08. The van der Waals surface area contributed by atoms with Crippen molar-refractivity contribution in [3.8, 4) is 5.75 Å². The minimum atomic E-state index is -0.247. The van der Waals surface area contributed by atoms with Gasteiger partial charge in [-0.1, -0.05) is 36.4 Å². The fourth-order valence-corrected chi connectivity index (χ4v) is 2.27. The van der Waals surface area contributed by atoms with Crippen LogP contribution >= 0.6 is 12.2 Å². The molecule has 0 heterocycles. The first-order valence-corrected chi connectivity index (χ1v) is 7.96. The first kappa shape index (κ1) is 17.0. The third kappa shape index (κ3) is 5.71. The van der Waals surface area contributed by atoms with Gasteiger partial charge in [-0.3, -0.25) is 10.1 Å². The summed E-state index contributed by atoms with van der Waals surface area (Å²) in [6, 6.07) is 17.1. The number of carbonyl (C=O) groups excluding carboxylic acids is 1. The smallest absolute Gasteiger partial charge is 0.257 e. The molecule has 0 radical (unpaired) electrons. The van der Waals surface area contributed by atoms with Gasteiger partial charge in [0.2, 0.25) is 0 Å². The maximum atomic E-state index is 12.2. The van der Waals surface area contributed by atoms with E-state index in [1.165, 1.54) is 5.56 Å². The molecular formula is C18H20N2O2S. The highest BCUT2D eigenvalue weighted by molar-refractivity contribution is 7.80. The fourth-order valence-electron chi connectivity index (χ4n) is 2.08. The minimum absolute atomic E-state index is 0.247. The molecular weight excluding hydrogens is 308 g/mol. The third-order valence-electron chi connectivity index (χ3n) is 3.18. The Bertz CT molecular complexity index is 659. The van der Waals surface area contributed by atoms with Crippen LogP contribution < -0.4 is 15.4 Å². The second-order valence-electron chi connectivity index (χ2n) is 4.91. The molecule has 0 unspecified atom stereocenters. The van der Waals surface area contributed by atoms with Gasteiger partial charge in [-0.25, -0.2) is 0 Å². The van der Waals surface area contributed by atoms with Gasteiger partial charge in [0.15, 0.2) is 5.11 Å². The summed E-state index contributed by atoms with van der Waals surface area (Å²) >= 11 is 5.16. The molecule has 0 bridgehead atoms. The number of carbonyl (C=O) groups is 1. The van der Waals surface area contributed by atoms with Crippen LogP contribution in [0.15, 0.2) is 54.6 Å². The van der Waals surface area contributed by atoms with Gasteiger partial charge in [0, 0.05) is 12.1 Å². The van der Waals surface area contributed by atoms with Gasteiger partial charge in [-0.2, -0.15) is 0 Å². The number of thiocarbonyl (C=S) groups is 1. The summed E-state index contributed by atoms with van der Waals surface area (Å²) in [5.41, 5.74) is 1.74. The summed E-state index contributed by atoms with van der Waals surface area (Å²) in [5, 5.41) is 6.04. The van der Waals surface area contributed by atoms with Gasteiger partial charge in [-0.15, -0.1) is 0 Å². The van der Waals surface area contributed by atoms with Crippen molar-refractivity contribution >= 4 is 23.2 Å². The van der Waals surface area contributed by atoms with Crippen LogP contribution in [0.1, 0.15) is 22.8 Å². The zero-order chi connectivity index (χ0) is 16.5. The number of benzene rings is 2. The third-order valence-corrected chi connectivity index (χ3v) is 3.42. The van der Waals surface area contributed by atoms with E-state index < -0.39 is 0 Å². The second-order valence-corrected chi connectivity index (χ2v) is 5.31. The van der Waals surface area contributed by atoms with E-state index in [1.807, 2.05) is 31.2 Å². The number of amides is 1. The molecule has 2 N–H and O–H groups in total. The van der Waals surface area contributed by atoms with Crippen molar-refractivity contribution in [1.29, 1.82) is 0 Å². The van der Waals surface area contributed by atoms with Crippen LogP contribution in [0.25, 0.3) is 0 Å². The average molecular weight is 328 g/mol. The molecule has 1 amide bonds. The number of ether oxygens (including phenoxy) is 1. The summed E-state index contributed by atoms with van der Waals surface area (Å²) in [6.07, 6.45) is 0.844. The zero-order valence-electron chi connectivity index (χ0n) is 13.0. The second kappa shape index (κ2) is 8.90. The van der Waals surface area contributed by atoms with E-state index in [4.69, 9.17) is 17.0 Å². The van der Waals surface area contributed by atoms with Gasteiger partial charge in [-0.05, 0) is 49.3 Å². The predicted molar refractivity (Wildman–Crippen MR) is 95.8 cm³/mol. The lowest BCUT2D eigenvalue weighted by molar-refractivity contribution is 0.0976. The monoisotopic (exact) mass is 328 g/mol. The molecule has 0 atom stereocenters. The molecule has 2 rings (SSSR count). The van der Waals surface area contributed by atoms with Crippen molar-refractivity contribution in [3.05, 3.63) is 65.7 Å². The zero-order valence-corrected chi connectivity index (χ0v) is 13.9. The molecule has 0 aromatic heterocycles. The van der Waals surface area contributed by atoms with Crippen molar-refractivity contribution in [2.75, 3.05) is 13.2 Å². The van der Waals surface area contributed by atoms with Crippen molar-refractivity contribution in [3.63, 3.8) is 0 Å². The molecule has 4 nitrogen and oxygen atoms in total. The SMILES string of the molecule is CCOc1cccc(C(=O)NC(=S)NCCc2ccccc2)c1. The normalized spacial score (nSPS) is 9.96. The maximum absolute atomic E-state index is 12.2. The molecule has 5 heteroatoms. The molecule has 0 aliphatic rings. The number of rotatable bonds is 6. The Labute approximate surface area is 141 Å². The number of hydrogen-bond donors (Lipinski definition) is 2. The van der Waals surface area contributed by atoms with Crippen LogP contribution in [0, 0.1) is 0 Å². The first-order chi connectivity index (χ1) is 11.2. The van der Waals surface area contributed by atoms with Gasteiger partial charge >= 0.3 is 0 Å². The van der Waals surface area contributed by atoms with Crippen LogP contribution in [0.3, 0.4) is 0 Å². The molecule has 0 saturated carbocycles. The standard InChI is InChI=1S/C18H20N2O2S/c1-2-22-16-10-6-9-15(13-16)17(21)20-18(23)19-12-11-14-7-4-3-5-8-14/h3-10,13H,2,11-12H2,1H3,(H2,19,20,21,23). The van der Waals surface area contributed by atoms with Crippen molar-refractivity contribution in [2.24, 2.45) is 0 Å². The molecule has 0 aliphatic heterocycles. The molecule has 0 fully saturated rings. The van der Waals surface area contributed by atoms with E-state index in [0.29, 0.717) is 29.6 Å². The maximum Gasteiger partial charge on any atom is 0.257 e. The largest absolute Gasteiger partial charge is 0.494 e. The summed E-state index contributed by atoms with van der Waals surface area (Å²) in [7, 11) is 0.